The summed E-state index contributed by atoms with van der Waals surface area (Å²) in [6.07, 6.45) is -5.27. The second-order valence-corrected chi connectivity index (χ2v) is 2.01. The van der Waals surface area contributed by atoms with Gasteiger partial charge >= 0.3 is 6.18 Å². The van der Waals surface area contributed by atoms with Gasteiger partial charge in [0.2, 0.25) is 0 Å². The van der Waals surface area contributed by atoms with Crippen LogP contribution in [0.1, 0.15) is 6.42 Å². The van der Waals surface area contributed by atoms with Crippen molar-refractivity contribution in [3.8, 4) is 0 Å². The summed E-state index contributed by atoms with van der Waals surface area (Å²) in [5.74, 6) is -0.253. The molecule has 0 aromatic heterocycles. The molecule has 0 rings (SSSR count). The largest absolute Gasteiger partial charge is 0.409 e. The summed E-state index contributed by atoms with van der Waals surface area (Å²) in [5.41, 5.74) is 4.92. The second-order valence-electron chi connectivity index (χ2n) is 2.01. The lowest BCUT2D eigenvalue weighted by molar-refractivity contribution is -0.144. The number of nitrogens with zero attached hydrogens (tertiary/aromatic N) is 1. The fourth-order valence-electron chi connectivity index (χ4n) is 0.394. The van der Waals surface area contributed by atoms with Crippen molar-refractivity contribution in [2.45, 2.75) is 12.6 Å². The van der Waals surface area contributed by atoms with Gasteiger partial charge in [-0.05, 0) is 0 Å². The van der Waals surface area contributed by atoms with Crippen LogP contribution in [-0.4, -0.2) is 30.4 Å². The van der Waals surface area contributed by atoms with E-state index < -0.39 is 19.2 Å². The van der Waals surface area contributed by atoms with Crippen molar-refractivity contribution < 1.29 is 23.1 Å². The number of alkyl halides is 3. The molecular weight excluding hydrogens is 177 g/mol. The Morgan fingerprint density at radius 3 is 2.50 bits per heavy atom. The molecular formula is C5H9F3N2O2. The normalized spacial score (nSPS) is 13.4. The van der Waals surface area contributed by atoms with Crippen molar-refractivity contribution in [2.24, 2.45) is 10.9 Å². The molecule has 0 bridgehead atoms. The molecule has 12 heavy (non-hydrogen) atoms. The number of amidine groups is 1. The van der Waals surface area contributed by atoms with Gasteiger partial charge in [0.05, 0.1) is 13.0 Å². The van der Waals surface area contributed by atoms with Crippen LogP contribution < -0.4 is 5.73 Å². The molecule has 7 heteroatoms. The summed E-state index contributed by atoms with van der Waals surface area (Å²) < 4.78 is 38.8. The molecule has 0 aromatic rings. The van der Waals surface area contributed by atoms with Gasteiger partial charge in [-0.3, -0.25) is 0 Å². The smallest absolute Gasteiger partial charge is 0.391 e. The van der Waals surface area contributed by atoms with Crippen LogP contribution in [0, 0.1) is 0 Å². The number of ether oxygens (including phenoxy) is 1. The average molecular weight is 186 g/mol. The van der Waals surface area contributed by atoms with Crippen molar-refractivity contribution in [2.75, 3.05) is 13.2 Å². The molecule has 0 heterocycles. The molecule has 0 aromatic carbocycles. The number of halogens is 3. The Morgan fingerprint density at radius 1 is 1.50 bits per heavy atom. The molecule has 0 aliphatic heterocycles. The van der Waals surface area contributed by atoms with Crippen LogP contribution in [0.5, 0.6) is 0 Å². The highest BCUT2D eigenvalue weighted by Crippen LogP contribution is 2.18. The number of oxime groups is 1. The van der Waals surface area contributed by atoms with E-state index in [1.54, 1.807) is 0 Å². The van der Waals surface area contributed by atoms with E-state index >= 15 is 0 Å². The van der Waals surface area contributed by atoms with Gasteiger partial charge in [-0.2, -0.15) is 13.2 Å². The maximum absolute atomic E-state index is 11.5. The number of hydrogen-bond acceptors (Lipinski definition) is 3. The maximum Gasteiger partial charge on any atom is 0.391 e. The van der Waals surface area contributed by atoms with E-state index in [-0.39, 0.29) is 12.4 Å². The minimum Gasteiger partial charge on any atom is -0.409 e. The predicted octanol–water partition coefficient (Wildman–Crippen LogP) is 0.702. The van der Waals surface area contributed by atoms with Crippen LogP contribution in [0.3, 0.4) is 0 Å². The standard InChI is InChI=1S/C5H9F3N2O2/c6-5(7,8)1-2-12-3-4(9)10-11/h11H,1-3H2,(H2,9,10). The predicted molar refractivity (Wildman–Crippen MR) is 34.9 cm³/mol. The van der Waals surface area contributed by atoms with Crippen LogP contribution in [0.2, 0.25) is 0 Å². The number of hydrogen-bond donors (Lipinski definition) is 2. The van der Waals surface area contributed by atoms with E-state index in [0.29, 0.717) is 0 Å². The van der Waals surface area contributed by atoms with Gasteiger partial charge < -0.3 is 15.7 Å². The van der Waals surface area contributed by atoms with E-state index in [2.05, 4.69) is 9.89 Å². The van der Waals surface area contributed by atoms with Gasteiger partial charge in [0.15, 0.2) is 5.84 Å². The molecule has 0 atom stereocenters. The second kappa shape index (κ2) is 4.81. The van der Waals surface area contributed by atoms with Gasteiger partial charge in [-0.1, -0.05) is 5.16 Å². The molecule has 0 aliphatic carbocycles. The first-order valence-corrected chi connectivity index (χ1v) is 3.06. The Hall–Kier alpha value is -0.980. The molecule has 4 nitrogen and oxygen atoms in total. The molecule has 0 radical (unpaired) electrons. The Kier molecular flexibility index (Phi) is 4.42. The fraction of sp³-hybridized carbons (Fsp3) is 0.800. The molecule has 0 unspecified atom stereocenters. The van der Waals surface area contributed by atoms with Crippen LogP contribution in [-0.2, 0) is 4.74 Å². The number of nitrogens with two attached hydrogens (primary N) is 1. The quantitative estimate of drug-likeness (QED) is 0.223. The van der Waals surface area contributed by atoms with E-state index in [1.807, 2.05) is 0 Å². The summed E-state index contributed by atoms with van der Waals surface area (Å²) >= 11 is 0. The molecule has 0 saturated carbocycles. The van der Waals surface area contributed by atoms with E-state index in [9.17, 15) is 13.2 Å². The molecule has 72 valence electrons. The molecule has 0 aliphatic rings. The zero-order valence-corrected chi connectivity index (χ0v) is 6.14. The first kappa shape index (κ1) is 11.0. The lowest BCUT2D eigenvalue weighted by atomic mass is 10.4. The highest BCUT2D eigenvalue weighted by molar-refractivity contribution is 5.80. The van der Waals surface area contributed by atoms with Crippen molar-refractivity contribution in [3.05, 3.63) is 0 Å². The summed E-state index contributed by atoms with van der Waals surface area (Å²) in [6.45, 7) is -0.785. The molecule has 0 amide bonds. The van der Waals surface area contributed by atoms with Crippen LogP contribution in [0.4, 0.5) is 13.2 Å². The Bertz CT molecular complexity index is 157. The monoisotopic (exact) mass is 186 g/mol. The van der Waals surface area contributed by atoms with Crippen LogP contribution in [0.25, 0.3) is 0 Å². The summed E-state index contributed by atoms with van der Waals surface area (Å²) in [5, 5.41) is 10.5. The zero-order chi connectivity index (χ0) is 9.61. The number of rotatable bonds is 4. The van der Waals surface area contributed by atoms with E-state index in [1.165, 1.54) is 0 Å². The minimum atomic E-state index is -4.23. The van der Waals surface area contributed by atoms with Crippen molar-refractivity contribution in [1.29, 1.82) is 0 Å². The van der Waals surface area contributed by atoms with Gasteiger partial charge in [0.25, 0.3) is 0 Å². The highest BCUT2D eigenvalue weighted by atomic mass is 19.4. The van der Waals surface area contributed by atoms with Gasteiger partial charge in [-0.25, -0.2) is 0 Å². The summed E-state index contributed by atoms with van der Waals surface area (Å²) in [4.78, 5) is 0. The van der Waals surface area contributed by atoms with Gasteiger partial charge in [0.1, 0.15) is 6.61 Å². The van der Waals surface area contributed by atoms with E-state index in [0.717, 1.165) is 0 Å². The Labute approximate surface area is 66.8 Å². The van der Waals surface area contributed by atoms with Crippen molar-refractivity contribution in [1.82, 2.24) is 0 Å². The molecule has 0 saturated heterocycles. The lowest BCUT2D eigenvalue weighted by Gasteiger charge is -2.05. The lowest BCUT2D eigenvalue weighted by Crippen LogP contribution is -2.21. The topological polar surface area (TPSA) is 67.8 Å². The van der Waals surface area contributed by atoms with Crippen molar-refractivity contribution >= 4 is 5.84 Å². The van der Waals surface area contributed by atoms with Gasteiger partial charge in [-0.15, -0.1) is 0 Å². The third-order valence-electron chi connectivity index (χ3n) is 0.908. The maximum atomic E-state index is 11.5. The first-order valence-electron chi connectivity index (χ1n) is 3.06. The zero-order valence-electron chi connectivity index (χ0n) is 6.14. The molecule has 0 spiro atoms. The van der Waals surface area contributed by atoms with Crippen LogP contribution >= 0.6 is 0 Å². The highest BCUT2D eigenvalue weighted by Gasteiger charge is 2.26. The molecule has 3 N–H and O–H groups in total. The third kappa shape index (κ3) is 7.13. The van der Waals surface area contributed by atoms with Crippen molar-refractivity contribution in [3.63, 3.8) is 0 Å². The van der Waals surface area contributed by atoms with Crippen LogP contribution in [0.15, 0.2) is 5.16 Å². The fourth-order valence-corrected chi connectivity index (χ4v) is 0.394. The Morgan fingerprint density at radius 2 is 2.08 bits per heavy atom. The van der Waals surface area contributed by atoms with Gasteiger partial charge in [0, 0.05) is 0 Å². The Balaban J connectivity index is 3.34. The first-order chi connectivity index (χ1) is 5.45. The summed E-state index contributed by atoms with van der Waals surface area (Å²) in [6, 6.07) is 0. The third-order valence-corrected chi connectivity index (χ3v) is 0.908. The minimum absolute atomic E-state index is 0.253. The SMILES string of the molecule is NC(COCCC(F)(F)F)=NO. The molecule has 0 fully saturated rings. The average Bonchev–Trinajstić information content (AvgIpc) is 1.96. The van der Waals surface area contributed by atoms with E-state index in [4.69, 9.17) is 10.9 Å². The summed E-state index contributed by atoms with van der Waals surface area (Å²) in [7, 11) is 0.